The third-order valence-electron chi connectivity index (χ3n) is 7.79. The summed E-state index contributed by atoms with van der Waals surface area (Å²) in [6, 6.07) is 15.0. The lowest BCUT2D eigenvalue weighted by Gasteiger charge is -2.35. The van der Waals surface area contributed by atoms with Gasteiger partial charge in [-0.3, -0.25) is 14.5 Å². The summed E-state index contributed by atoms with van der Waals surface area (Å²) in [6.07, 6.45) is 0.951. The maximum Gasteiger partial charge on any atom is 0.405 e. The molecule has 206 valence electrons. The van der Waals surface area contributed by atoms with Gasteiger partial charge in [0.05, 0.1) is 18.4 Å². The van der Waals surface area contributed by atoms with Gasteiger partial charge in [-0.1, -0.05) is 55.0 Å². The van der Waals surface area contributed by atoms with Crippen LogP contribution in [0.15, 0.2) is 61.1 Å². The molecule has 2 aliphatic rings. The number of halogens is 3. The first-order valence-electron chi connectivity index (χ1n) is 13.3. The number of amides is 2. The lowest BCUT2D eigenvalue weighted by molar-refractivity contribution is -0.141. The van der Waals surface area contributed by atoms with Gasteiger partial charge in [0.15, 0.2) is 0 Å². The number of H-pyrrole nitrogens is 1. The number of nitrogens with zero attached hydrogens (tertiary/aromatic N) is 3. The maximum atomic E-state index is 13.6. The van der Waals surface area contributed by atoms with Gasteiger partial charge >= 0.3 is 6.18 Å². The van der Waals surface area contributed by atoms with Gasteiger partial charge in [-0.15, -0.1) is 0 Å². The fraction of sp³-hybridized carbons (Fsp3) is 0.414. The van der Waals surface area contributed by atoms with Gasteiger partial charge in [0.2, 0.25) is 11.8 Å². The quantitative estimate of drug-likeness (QED) is 0.404. The molecule has 2 amide bonds. The highest BCUT2D eigenvalue weighted by molar-refractivity contribution is 6.00. The molecule has 2 heterocycles. The summed E-state index contributed by atoms with van der Waals surface area (Å²) in [5, 5.41) is 2.19. The van der Waals surface area contributed by atoms with Crippen LogP contribution in [0.4, 0.5) is 13.2 Å². The molecule has 1 aliphatic heterocycles. The van der Waals surface area contributed by atoms with Crippen molar-refractivity contribution < 1.29 is 22.8 Å². The van der Waals surface area contributed by atoms with Crippen molar-refractivity contribution in [3.05, 3.63) is 77.9 Å². The van der Waals surface area contributed by atoms with E-state index in [4.69, 9.17) is 0 Å². The summed E-state index contributed by atoms with van der Waals surface area (Å²) in [5.41, 5.74) is 2.86. The second-order valence-corrected chi connectivity index (χ2v) is 10.2. The zero-order valence-corrected chi connectivity index (χ0v) is 21.6. The summed E-state index contributed by atoms with van der Waals surface area (Å²) >= 11 is 0. The number of carbonyl (C=O) groups is 2. The van der Waals surface area contributed by atoms with Gasteiger partial charge in [0.1, 0.15) is 12.0 Å². The van der Waals surface area contributed by atoms with Crippen LogP contribution in [0.3, 0.4) is 0 Å². The number of nitrogens with one attached hydrogen (secondary N) is 2. The van der Waals surface area contributed by atoms with Crippen molar-refractivity contribution in [1.82, 2.24) is 25.1 Å². The Kier molecular flexibility index (Phi) is 7.74. The Hall–Kier alpha value is -3.66. The summed E-state index contributed by atoms with van der Waals surface area (Å²) in [6.45, 7) is 2.25. The number of imidazole rings is 1. The van der Waals surface area contributed by atoms with Crippen molar-refractivity contribution in [3.63, 3.8) is 0 Å². The molecule has 10 heteroatoms. The number of unbranched alkanes of at least 4 members (excludes halogenated alkanes) is 1. The van der Waals surface area contributed by atoms with Crippen LogP contribution < -0.4 is 5.32 Å². The number of alkyl halides is 3. The van der Waals surface area contributed by atoms with Gasteiger partial charge in [-0.25, -0.2) is 4.98 Å². The van der Waals surface area contributed by atoms with Gasteiger partial charge in [0, 0.05) is 32.4 Å². The van der Waals surface area contributed by atoms with E-state index in [9.17, 15) is 22.8 Å². The SMILES string of the molecule is O=C(Cc1c[nH]cn1)N1CCN(CCCCC2(C(=O)NCC(F)(F)F)c3ccccc3-c3ccccc32)CC1. The highest BCUT2D eigenvalue weighted by Crippen LogP contribution is 2.51. The molecule has 0 spiro atoms. The molecule has 0 atom stereocenters. The molecule has 39 heavy (non-hydrogen) atoms. The minimum Gasteiger partial charge on any atom is -0.351 e. The molecular weight excluding hydrogens is 507 g/mol. The van der Waals surface area contributed by atoms with Crippen LogP contribution in [0.1, 0.15) is 36.1 Å². The lowest BCUT2D eigenvalue weighted by Crippen LogP contribution is -2.49. The summed E-state index contributed by atoms with van der Waals surface area (Å²) in [5.74, 6) is -0.548. The number of benzene rings is 2. The largest absolute Gasteiger partial charge is 0.405 e. The van der Waals surface area contributed by atoms with E-state index in [1.165, 1.54) is 0 Å². The Morgan fingerprint density at radius 2 is 1.59 bits per heavy atom. The van der Waals surface area contributed by atoms with Gasteiger partial charge in [0.25, 0.3) is 0 Å². The zero-order chi connectivity index (χ0) is 27.5. The Bertz CT molecular complexity index is 1250. The Morgan fingerprint density at radius 1 is 0.949 bits per heavy atom. The van der Waals surface area contributed by atoms with Crippen LogP contribution in [0.25, 0.3) is 11.1 Å². The number of aromatic nitrogens is 2. The number of hydrogen-bond acceptors (Lipinski definition) is 4. The summed E-state index contributed by atoms with van der Waals surface area (Å²) in [4.78, 5) is 37.3. The first-order chi connectivity index (χ1) is 18.8. The van der Waals surface area contributed by atoms with Crippen LogP contribution >= 0.6 is 0 Å². The standard InChI is InChI=1S/C29H32F3N5O2/c30-29(31,32)19-34-27(39)28(24-9-3-1-7-22(24)23-8-2-4-10-25(23)28)11-5-6-12-36-13-15-37(16-14-36)26(38)17-21-18-33-20-35-21/h1-4,7-10,18,20H,5-6,11-17,19H2,(H,33,35)(H,34,39). The van der Waals surface area contributed by atoms with E-state index in [-0.39, 0.29) is 12.3 Å². The topological polar surface area (TPSA) is 81.3 Å². The van der Waals surface area contributed by atoms with Crippen LogP contribution in [0, 0.1) is 0 Å². The number of aromatic amines is 1. The van der Waals surface area contributed by atoms with Gasteiger partial charge in [-0.05, 0) is 41.6 Å². The Morgan fingerprint density at radius 3 is 2.18 bits per heavy atom. The highest BCUT2D eigenvalue weighted by atomic mass is 19.4. The fourth-order valence-corrected chi connectivity index (χ4v) is 5.89. The van der Waals surface area contributed by atoms with Gasteiger partial charge in [-0.2, -0.15) is 13.2 Å². The molecule has 2 aromatic carbocycles. The second-order valence-electron chi connectivity index (χ2n) is 10.2. The number of carbonyl (C=O) groups excluding carboxylic acids is 2. The average molecular weight is 540 g/mol. The molecule has 1 saturated heterocycles. The van der Waals surface area contributed by atoms with E-state index in [0.29, 0.717) is 25.9 Å². The molecule has 1 aromatic heterocycles. The number of hydrogen-bond donors (Lipinski definition) is 2. The number of piperazine rings is 1. The van der Waals surface area contributed by atoms with Gasteiger partial charge < -0.3 is 15.2 Å². The number of fused-ring (bicyclic) bond motifs is 3. The van der Waals surface area contributed by atoms with Crippen LogP contribution in [0.2, 0.25) is 0 Å². The minimum absolute atomic E-state index is 0.0622. The molecule has 2 N–H and O–H groups in total. The predicted octanol–water partition coefficient (Wildman–Crippen LogP) is 3.91. The normalized spacial score (nSPS) is 16.5. The van der Waals surface area contributed by atoms with Crippen LogP contribution in [0.5, 0.6) is 0 Å². The van der Waals surface area contributed by atoms with Crippen LogP contribution in [-0.2, 0) is 21.4 Å². The maximum absolute atomic E-state index is 13.6. The first-order valence-corrected chi connectivity index (χ1v) is 13.3. The third-order valence-corrected chi connectivity index (χ3v) is 7.79. The smallest absolute Gasteiger partial charge is 0.351 e. The zero-order valence-electron chi connectivity index (χ0n) is 21.6. The molecule has 3 aromatic rings. The van der Waals surface area contributed by atoms with E-state index >= 15 is 0 Å². The molecule has 0 bridgehead atoms. The molecule has 0 saturated carbocycles. The lowest BCUT2D eigenvalue weighted by atomic mass is 9.73. The van der Waals surface area contributed by atoms with E-state index in [2.05, 4.69) is 20.2 Å². The molecule has 1 aliphatic carbocycles. The number of rotatable bonds is 9. The van der Waals surface area contributed by atoms with E-state index in [0.717, 1.165) is 54.0 Å². The van der Waals surface area contributed by atoms with Crippen molar-refractivity contribution in [3.8, 4) is 11.1 Å². The van der Waals surface area contributed by atoms with E-state index in [1.807, 2.05) is 53.4 Å². The minimum atomic E-state index is -4.49. The second kappa shape index (κ2) is 11.2. The molecule has 5 rings (SSSR count). The highest BCUT2D eigenvalue weighted by Gasteiger charge is 2.49. The molecule has 7 nitrogen and oxygen atoms in total. The van der Waals surface area contributed by atoms with Crippen molar-refractivity contribution in [1.29, 1.82) is 0 Å². The average Bonchev–Trinajstić information content (AvgIpc) is 3.55. The first kappa shape index (κ1) is 26.9. The Balaban J connectivity index is 1.23. The van der Waals surface area contributed by atoms with E-state index < -0.39 is 24.0 Å². The molecule has 0 unspecified atom stereocenters. The summed E-state index contributed by atoms with van der Waals surface area (Å²) in [7, 11) is 0. The molecule has 1 fully saturated rings. The monoisotopic (exact) mass is 539 g/mol. The summed E-state index contributed by atoms with van der Waals surface area (Å²) < 4.78 is 39.2. The predicted molar refractivity (Wildman–Crippen MR) is 141 cm³/mol. The third kappa shape index (κ3) is 5.71. The van der Waals surface area contributed by atoms with Crippen molar-refractivity contribution in [2.24, 2.45) is 0 Å². The molecule has 0 radical (unpaired) electrons. The molecular formula is C29H32F3N5O2. The Labute approximate surface area is 225 Å². The van der Waals surface area contributed by atoms with Crippen molar-refractivity contribution >= 4 is 11.8 Å². The fourth-order valence-electron chi connectivity index (χ4n) is 5.89. The van der Waals surface area contributed by atoms with Crippen LogP contribution in [-0.4, -0.2) is 77.0 Å². The van der Waals surface area contributed by atoms with Crippen molar-refractivity contribution in [2.45, 2.75) is 37.3 Å². The van der Waals surface area contributed by atoms with Crippen molar-refractivity contribution in [2.75, 3.05) is 39.3 Å². The van der Waals surface area contributed by atoms with E-state index in [1.54, 1.807) is 12.5 Å².